The summed E-state index contributed by atoms with van der Waals surface area (Å²) in [7, 11) is 0. The van der Waals surface area contributed by atoms with Crippen molar-refractivity contribution in [3.8, 4) is 0 Å². The Bertz CT molecular complexity index is 454. The zero-order chi connectivity index (χ0) is 14.4. The third-order valence-electron chi connectivity index (χ3n) is 2.82. The topological polar surface area (TPSA) is 55.4 Å². The molecule has 1 N–H and O–H groups in total. The van der Waals surface area contributed by atoms with Gasteiger partial charge in [-0.3, -0.25) is 4.79 Å². The van der Waals surface area contributed by atoms with Crippen LogP contribution >= 0.6 is 0 Å². The average molecular weight is 263 g/mol. The van der Waals surface area contributed by atoms with E-state index in [1.807, 2.05) is 32.0 Å². The summed E-state index contributed by atoms with van der Waals surface area (Å²) in [4.78, 5) is 23.7. The molecule has 19 heavy (non-hydrogen) atoms. The van der Waals surface area contributed by atoms with Crippen LogP contribution in [-0.2, 0) is 9.53 Å². The molecule has 4 heteroatoms. The van der Waals surface area contributed by atoms with Crippen LogP contribution in [0.2, 0.25) is 0 Å². The van der Waals surface area contributed by atoms with Crippen LogP contribution in [0.1, 0.15) is 49.5 Å². The highest BCUT2D eigenvalue weighted by molar-refractivity contribution is 5.98. The van der Waals surface area contributed by atoms with Gasteiger partial charge in [0, 0.05) is 5.56 Å². The monoisotopic (exact) mass is 263 g/mol. The fourth-order valence-corrected chi connectivity index (χ4v) is 1.81. The summed E-state index contributed by atoms with van der Waals surface area (Å²) >= 11 is 0. The van der Waals surface area contributed by atoms with E-state index in [1.54, 1.807) is 19.9 Å². The van der Waals surface area contributed by atoms with E-state index in [4.69, 9.17) is 4.74 Å². The molecule has 0 saturated carbocycles. The molecule has 0 aliphatic heterocycles. The Morgan fingerprint density at radius 3 is 2.42 bits per heavy atom. The first-order chi connectivity index (χ1) is 8.97. The minimum Gasteiger partial charge on any atom is -0.464 e. The molecule has 0 heterocycles. The van der Waals surface area contributed by atoms with Crippen LogP contribution in [0.25, 0.3) is 0 Å². The third kappa shape index (κ3) is 4.09. The molecule has 0 saturated heterocycles. The van der Waals surface area contributed by atoms with Crippen LogP contribution in [-0.4, -0.2) is 24.5 Å². The number of carbonyl (C=O) groups is 2. The van der Waals surface area contributed by atoms with Crippen molar-refractivity contribution in [2.75, 3.05) is 6.61 Å². The number of ether oxygens (including phenoxy) is 1. The van der Waals surface area contributed by atoms with Gasteiger partial charge in [-0.05, 0) is 31.4 Å². The summed E-state index contributed by atoms with van der Waals surface area (Å²) in [6.07, 6.45) is 0. The van der Waals surface area contributed by atoms with E-state index in [0.717, 1.165) is 5.56 Å². The molecule has 1 unspecified atom stereocenters. The van der Waals surface area contributed by atoms with Crippen LogP contribution in [0.4, 0.5) is 0 Å². The zero-order valence-electron chi connectivity index (χ0n) is 11.9. The predicted octanol–water partition coefficient (Wildman–Crippen LogP) is 2.49. The number of nitrogens with one attached hydrogen (secondary N) is 1. The number of benzene rings is 1. The van der Waals surface area contributed by atoms with Crippen molar-refractivity contribution in [1.29, 1.82) is 0 Å². The molecular formula is C15H21NO3. The maximum absolute atomic E-state index is 12.2. The molecule has 0 radical (unpaired) electrons. The number of esters is 1. The molecule has 0 aliphatic carbocycles. The lowest BCUT2D eigenvalue weighted by atomic mass is 9.97. The van der Waals surface area contributed by atoms with Gasteiger partial charge in [0.05, 0.1) is 6.61 Å². The fraction of sp³-hybridized carbons (Fsp3) is 0.467. The van der Waals surface area contributed by atoms with Gasteiger partial charge < -0.3 is 10.1 Å². The Morgan fingerprint density at radius 1 is 1.21 bits per heavy atom. The number of carbonyl (C=O) groups excluding carboxylic acids is 2. The normalized spacial score (nSPS) is 12.1. The van der Waals surface area contributed by atoms with E-state index in [-0.39, 0.29) is 11.8 Å². The Hall–Kier alpha value is -1.84. The molecule has 0 aliphatic rings. The van der Waals surface area contributed by atoms with Gasteiger partial charge in [-0.2, -0.15) is 0 Å². The SMILES string of the molecule is CCOC(=O)C(C)NC(=O)c1ccccc1C(C)C. The van der Waals surface area contributed by atoms with Crippen LogP contribution in [0.5, 0.6) is 0 Å². The average Bonchev–Trinajstić information content (AvgIpc) is 2.38. The standard InChI is InChI=1S/C15H21NO3/c1-5-19-15(18)11(4)16-14(17)13-9-7-6-8-12(13)10(2)3/h6-11H,5H2,1-4H3,(H,16,17). The highest BCUT2D eigenvalue weighted by Crippen LogP contribution is 2.19. The number of amides is 1. The Labute approximate surface area is 114 Å². The van der Waals surface area contributed by atoms with Crippen molar-refractivity contribution >= 4 is 11.9 Å². The van der Waals surface area contributed by atoms with Crippen LogP contribution in [0.15, 0.2) is 24.3 Å². The second kappa shape index (κ2) is 6.92. The summed E-state index contributed by atoms with van der Waals surface area (Å²) in [5.74, 6) is -0.414. The third-order valence-corrected chi connectivity index (χ3v) is 2.82. The first-order valence-corrected chi connectivity index (χ1v) is 6.53. The van der Waals surface area contributed by atoms with Gasteiger partial charge in [0.15, 0.2) is 0 Å². The first-order valence-electron chi connectivity index (χ1n) is 6.53. The maximum atomic E-state index is 12.2. The minimum absolute atomic E-state index is 0.246. The highest BCUT2D eigenvalue weighted by atomic mass is 16.5. The molecule has 1 amide bonds. The van der Waals surface area contributed by atoms with E-state index < -0.39 is 12.0 Å². The van der Waals surface area contributed by atoms with Crippen molar-refractivity contribution in [1.82, 2.24) is 5.32 Å². The second-order valence-corrected chi connectivity index (χ2v) is 4.69. The van der Waals surface area contributed by atoms with E-state index in [9.17, 15) is 9.59 Å². The van der Waals surface area contributed by atoms with Crippen LogP contribution < -0.4 is 5.32 Å². The van der Waals surface area contributed by atoms with Crippen molar-refractivity contribution in [3.05, 3.63) is 35.4 Å². The van der Waals surface area contributed by atoms with Gasteiger partial charge in [-0.1, -0.05) is 32.0 Å². The molecule has 1 aromatic rings. The van der Waals surface area contributed by atoms with Crippen molar-refractivity contribution in [2.24, 2.45) is 0 Å². The smallest absolute Gasteiger partial charge is 0.328 e. The Morgan fingerprint density at radius 2 is 1.84 bits per heavy atom. The van der Waals surface area contributed by atoms with E-state index in [0.29, 0.717) is 12.2 Å². The van der Waals surface area contributed by atoms with Crippen molar-refractivity contribution in [3.63, 3.8) is 0 Å². The number of rotatable bonds is 5. The van der Waals surface area contributed by atoms with Gasteiger partial charge >= 0.3 is 5.97 Å². The molecule has 1 rings (SSSR count). The summed E-state index contributed by atoms with van der Waals surface area (Å²) in [6, 6.07) is 6.76. The molecule has 0 bridgehead atoms. The molecule has 4 nitrogen and oxygen atoms in total. The lowest BCUT2D eigenvalue weighted by Crippen LogP contribution is -2.39. The lowest BCUT2D eigenvalue weighted by molar-refractivity contribution is -0.144. The van der Waals surface area contributed by atoms with Gasteiger partial charge in [-0.15, -0.1) is 0 Å². The van der Waals surface area contributed by atoms with Crippen molar-refractivity contribution in [2.45, 2.75) is 39.7 Å². The number of hydrogen-bond donors (Lipinski definition) is 1. The Kier molecular flexibility index (Phi) is 5.55. The zero-order valence-corrected chi connectivity index (χ0v) is 11.9. The van der Waals surface area contributed by atoms with Crippen LogP contribution in [0.3, 0.4) is 0 Å². The van der Waals surface area contributed by atoms with E-state index >= 15 is 0 Å². The molecule has 0 spiro atoms. The summed E-state index contributed by atoms with van der Waals surface area (Å²) in [6.45, 7) is 7.72. The van der Waals surface area contributed by atoms with Gasteiger partial charge in [-0.25, -0.2) is 4.79 Å². The summed E-state index contributed by atoms with van der Waals surface area (Å²) in [5.41, 5.74) is 1.57. The molecule has 104 valence electrons. The maximum Gasteiger partial charge on any atom is 0.328 e. The Balaban J connectivity index is 2.81. The van der Waals surface area contributed by atoms with Crippen LogP contribution in [0, 0.1) is 0 Å². The lowest BCUT2D eigenvalue weighted by Gasteiger charge is -2.16. The van der Waals surface area contributed by atoms with E-state index in [2.05, 4.69) is 5.32 Å². The first kappa shape index (κ1) is 15.2. The van der Waals surface area contributed by atoms with E-state index in [1.165, 1.54) is 0 Å². The molecule has 0 fully saturated rings. The molecule has 1 aromatic carbocycles. The minimum atomic E-state index is -0.646. The second-order valence-electron chi connectivity index (χ2n) is 4.69. The van der Waals surface area contributed by atoms with Crippen molar-refractivity contribution < 1.29 is 14.3 Å². The highest BCUT2D eigenvalue weighted by Gasteiger charge is 2.19. The quantitative estimate of drug-likeness (QED) is 0.830. The molecule has 1 atom stereocenters. The largest absolute Gasteiger partial charge is 0.464 e. The van der Waals surface area contributed by atoms with Gasteiger partial charge in [0.25, 0.3) is 5.91 Å². The van der Waals surface area contributed by atoms with Gasteiger partial charge in [0.2, 0.25) is 0 Å². The van der Waals surface area contributed by atoms with Gasteiger partial charge in [0.1, 0.15) is 6.04 Å². The summed E-state index contributed by atoms with van der Waals surface area (Å²) in [5, 5.41) is 2.66. The number of hydrogen-bond acceptors (Lipinski definition) is 3. The fourth-order valence-electron chi connectivity index (χ4n) is 1.81. The summed E-state index contributed by atoms with van der Waals surface area (Å²) < 4.78 is 4.86. The predicted molar refractivity (Wildman–Crippen MR) is 74.1 cm³/mol. The molecule has 0 aromatic heterocycles. The molecular weight excluding hydrogens is 242 g/mol.